The van der Waals surface area contributed by atoms with E-state index in [1.54, 1.807) is 10.9 Å². The van der Waals surface area contributed by atoms with Crippen LogP contribution in [0.1, 0.15) is 22.5 Å². The van der Waals surface area contributed by atoms with Crippen LogP contribution in [0.3, 0.4) is 0 Å². The Bertz CT molecular complexity index is 674. The number of piperazine rings is 1. The number of aryl methyl sites for hydroxylation is 1. The number of nitrogens with zero attached hydrogens (tertiary/aromatic N) is 4. The SMILES string of the molecule is Cc1c(C(=O)N2CCN([C@H]3CCS(=O)(=O)C3)CC2)cnn1C. The summed E-state index contributed by atoms with van der Waals surface area (Å²) in [5.41, 5.74) is 1.52. The second kappa shape index (κ2) is 5.66. The quantitative estimate of drug-likeness (QED) is 0.744. The molecule has 2 saturated heterocycles. The second-order valence-electron chi connectivity index (χ2n) is 6.15. The summed E-state index contributed by atoms with van der Waals surface area (Å²) in [5, 5.41) is 4.12. The third-order valence-electron chi connectivity index (χ3n) is 4.79. The molecule has 0 aliphatic carbocycles. The second-order valence-corrected chi connectivity index (χ2v) is 8.38. The number of sulfone groups is 1. The molecule has 2 aliphatic heterocycles. The lowest BCUT2D eigenvalue weighted by Gasteiger charge is -2.37. The minimum absolute atomic E-state index is 0.0179. The molecule has 1 amide bonds. The first-order valence-corrected chi connectivity index (χ1v) is 9.42. The molecular weight excluding hydrogens is 304 g/mol. The van der Waals surface area contributed by atoms with E-state index in [0.717, 1.165) is 25.2 Å². The Balaban J connectivity index is 1.60. The highest BCUT2D eigenvalue weighted by molar-refractivity contribution is 7.91. The molecule has 1 aromatic rings. The molecule has 22 heavy (non-hydrogen) atoms. The van der Waals surface area contributed by atoms with Gasteiger partial charge in [-0.2, -0.15) is 5.10 Å². The molecule has 0 bridgehead atoms. The molecule has 0 aromatic carbocycles. The van der Waals surface area contributed by atoms with Gasteiger partial charge in [0.2, 0.25) is 0 Å². The monoisotopic (exact) mass is 326 g/mol. The van der Waals surface area contributed by atoms with E-state index in [4.69, 9.17) is 0 Å². The van der Waals surface area contributed by atoms with Gasteiger partial charge in [0, 0.05) is 45.0 Å². The molecule has 0 radical (unpaired) electrons. The summed E-state index contributed by atoms with van der Waals surface area (Å²) in [7, 11) is -1.03. The zero-order chi connectivity index (χ0) is 15.9. The van der Waals surface area contributed by atoms with Crippen molar-refractivity contribution >= 4 is 15.7 Å². The van der Waals surface area contributed by atoms with Crippen molar-refractivity contribution in [2.45, 2.75) is 19.4 Å². The number of carbonyl (C=O) groups is 1. The highest BCUT2D eigenvalue weighted by Gasteiger charge is 2.34. The zero-order valence-corrected chi connectivity index (χ0v) is 13.8. The molecule has 7 nitrogen and oxygen atoms in total. The van der Waals surface area contributed by atoms with Gasteiger partial charge in [-0.3, -0.25) is 14.4 Å². The molecule has 3 rings (SSSR count). The summed E-state index contributed by atoms with van der Waals surface area (Å²) in [6.07, 6.45) is 2.34. The first kappa shape index (κ1) is 15.5. The molecule has 0 unspecified atom stereocenters. The van der Waals surface area contributed by atoms with Crippen LogP contribution >= 0.6 is 0 Å². The lowest BCUT2D eigenvalue weighted by molar-refractivity contribution is 0.0587. The van der Waals surface area contributed by atoms with E-state index in [9.17, 15) is 13.2 Å². The summed E-state index contributed by atoms with van der Waals surface area (Å²) in [6, 6.07) is 0.127. The number of rotatable bonds is 2. The molecule has 3 heterocycles. The molecule has 8 heteroatoms. The van der Waals surface area contributed by atoms with Crippen LogP contribution in [-0.4, -0.2) is 77.6 Å². The molecule has 2 aliphatic rings. The highest BCUT2D eigenvalue weighted by atomic mass is 32.2. The molecule has 122 valence electrons. The normalized spacial score (nSPS) is 25.5. The van der Waals surface area contributed by atoms with Crippen LogP contribution in [0.4, 0.5) is 0 Å². The molecule has 1 aromatic heterocycles. The van der Waals surface area contributed by atoms with E-state index in [1.165, 1.54) is 0 Å². The fraction of sp³-hybridized carbons (Fsp3) is 0.714. The van der Waals surface area contributed by atoms with Gasteiger partial charge in [0.1, 0.15) is 0 Å². The Labute approximate surface area is 130 Å². The van der Waals surface area contributed by atoms with Gasteiger partial charge in [-0.05, 0) is 13.3 Å². The zero-order valence-electron chi connectivity index (χ0n) is 13.0. The maximum absolute atomic E-state index is 12.5. The van der Waals surface area contributed by atoms with E-state index in [-0.39, 0.29) is 17.7 Å². The van der Waals surface area contributed by atoms with E-state index in [2.05, 4.69) is 10.00 Å². The number of amides is 1. The minimum Gasteiger partial charge on any atom is -0.336 e. The Morgan fingerprint density at radius 1 is 1.27 bits per heavy atom. The first-order valence-electron chi connectivity index (χ1n) is 7.60. The Morgan fingerprint density at radius 2 is 1.95 bits per heavy atom. The molecule has 0 N–H and O–H groups in total. The molecule has 0 saturated carbocycles. The summed E-state index contributed by atoms with van der Waals surface area (Å²) >= 11 is 0. The third kappa shape index (κ3) is 2.89. The molecule has 0 spiro atoms. The van der Waals surface area contributed by atoms with Gasteiger partial charge in [0.25, 0.3) is 5.91 Å². The summed E-state index contributed by atoms with van der Waals surface area (Å²) in [5.74, 6) is 0.582. The minimum atomic E-state index is -2.85. The molecule has 2 fully saturated rings. The highest BCUT2D eigenvalue weighted by Crippen LogP contribution is 2.20. The van der Waals surface area contributed by atoms with Gasteiger partial charge in [0.05, 0.1) is 23.3 Å². The van der Waals surface area contributed by atoms with Crippen molar-refractivity contribution in [2.24, 2.45) is 7.05 Å². The average Bonchev–Trinajstić information content (AvgIpc) is 3.02. The van der Waals surface area contributed by atoms with E-state index in [1.807, 2.05) is 18.9 Å². The van der Waals surface area contributed by atoms with Crippen molar-refractivity contribution in [1.29, 1.82) is 0 Å². The topological polar surface area (TPSA) is 75.5 Å². The number of hydrogen-bond acceptors (Lipinski definition) is 5. The van der Waals surface area contributed by atoms with Crippen molar-refractivity contribution in [3.8, 4) is 0 Å². The van der Waals surface area contributed by atoms with Gasteiger partial charge < -0.3 is 4.90 Å². The lowest BCUT2D eigenvalue weighted by atomic mass is 10.1. The maximum atomic E-state index is 12.5. The average molecular weight is 326 g/mol. The lowest BCUT2D eigenvalue weighted by Crippen LogP contribution is -2.52. The largest absolute Gasteiger partial charge is 0.336 e. The predicted octanol–water partition coefficient (Wildman–Crippen LogP) is -0.327. The van der Waals surface area contributed by atoms with Crippen LogP contribution in [0.15, 0.2) is 6.20 Å². The third-order valence-corrected chi connectivity index (χ3v) is 6.54. The van der Waals surface area contributed by atoms with Crippen LogP contribution in [0.25, 0.3) is 0 Å². The summed E-state index contributed by atoms with van der Waals surface area (Å²) < 4.78 is 24.9. The fourth-order valence-corrected chi connectivity index (χ4v) is 4.99. The summed E-state index contributed by atoms with van der Waals surface area (Å²) in [4.78, 5) is 16.6. The number of carbonyl (C=O) groups excluding carboxylic acids is 1. The van der Waals surface area contributed by atoms with Crippen LogP contribution in [-0.2, 0) is 16.9 Å². The maximum Gasteiger partial charge on any atom is 0.257 e. The van der Waals surface area contributed by atoms with Crippen molar-refractivity contribution in [3.05, 3.63) is 17.5 Å². The van der Waals surface area contributed by atoms with Crippen LogP contribution in [0.2, 0.25) is 0 Å². The molecule has 1 atom stereocenters. The fourth-order valence-electron chi connectivity index (χ4n) is 3.23. The van der Waals surface area contributed by atoms with E-state index >= 15 is 0 Å². The van der Waals surface area contributed by atoms with Crippen LogP contribution < -0.4 is 0 Å². The number of aromatic nitrogens is 2. The van der Waals surface area contributed by atoms with Crippen LogP contribution in [0, 0.1) is 6.92 Å². The predicted molar refractivity (Wildman–Crippen MR) is 82.5 cm³/mol. The van der Waals surface area contributed by atoms with Crippen molar-refractivity contribution in [2.75, 3.05) is 37.7 Å². The Hall–Kier alpha value is -1.41. The van der Waals surface area contributed by atoms with Gasteiger partial charge in [0.15, 0.2) is 9.84 Å². The van der Waals surface area contributed by atoms with Gasteiger partial charge in [-0.25, -0.2) is 8.42 Å². The van der Waals surface area contributed by atoms with Crippen molar-refractivity contribution in [1.82, 2.24) is 19.6 Å². The first-order chi connectivity index (χ1) is 10.4. The number of hydrogen-bond donors (Lipinski definition) is 0. The van der Waals surface area contributed by atoms with Crippen molar-refractivity contribution in [3.63, 3.8) is 0 Å². The van der Waals surface area contributed by atoms with E-state index < -0.39 is 9.84 Å². The van der Waals surface area contributed by atoms with E-state index in [0.29, 0.717) is 24.4 Å². The standard InChI is InChI=1S/C14H22N4O3S/c1-11-13(9-15-16(11)2)14(19)18-6-4-17(5-7-18)12-3-8-22(20,21)10-12/h9,12H,3-8,10H2,1-2H3/t12-/m0/s1. The Kier molecular flexibility index (Phi) is 3.98. The smallest absolute Gasteiger partial charge is 0.257 e. The van der Waals surface area contributed by atoms with Gasteiger partial charge >= 0.3 is 0 Å². The van der Waals surface area contributed by atoms with Crippen molar-refractivity contribution < 1.29 is 13.2 Å². The molecular formula is C14H22N4O3S. The van der Waals surface area contributed by atoms with Gasteiger partial charge in [-0.1, -0.05) is 0 Å². The van der Waals surface area contributed by atoms with Gasteiger partial charge in [-0.15, -0.1) is 0 Å². The summed E-state index contributed by atoms with van der Waals surface area (Å²) in [6.45, 7) is 4.66. The van der Waals surface area contributed by atoms with Crippen LogP contribution in [0.5, 0.6) is 0 Å². The Morgan fingerprint density at radius 3 is 2.45 bits per heavy atom.